The molecule has 1 aliphatic heterocycles. The molecule has 1 unspecified atom stereocenters. The minimum absolute atomic E-state index is 0.190. The first kappa shape index (κ1) is 17.8. The Morgan fingerprint density at radius 1 is 1.19 bits per heavy atom. The standard InChI is InChI=1S/C19H16F3NO3/c1-2-18(24)23-16-9-10-25-17-11-14(7-8-15(16)17)26-13-5-3-12(4-6-13)19(20,21)22/h2-8,11,16H,1,9-10H2,(H,23,24). The minimum atomic E-state index is -4.39. The van der Waals surface area contributed by atoms with E-state index in [0.29, 0.717) is 24.5 Å². The lowest BCUT2D eigenvalue weighted by Gasteiger charge is -2.26. The number of amides is 1. The van der Waals surface area contributed by atoms with Crippen LogP contribution >= 0.6 is 0 Å². The Labute approximate surface area is 148 Å². The van der Waals surface area contributed by atoms with E-state index in [4.69, 9.17) is 9.47 Å². The molecule has 7 heteroatoms. The molecule has 0 bridgehead atoms. The Bertz CT molecular complexity index is 816. The number of carbonyl (C=O) groups is 1. The van der Waals surface area contributed by atoms with E-state index in [-0.39, 0.29) is 17.7 Å². The molecule has 0 saturated heterocycles. The molecule has 1 aliphatic rings. The van der Waals surface area contributed by atoms with Crippen molar-refractivity contribution in [3.05, 3.63) is 66.2 Å². The molecule has 0 saturated carbocycles. The van der Waals surface area contributed by atoms with Gasteiger partial charge in [-0.2, -0.15) is 13.2 Å². The van der Waals surface area contributed by atoms with E-state index in [1.165, 1.54) is 18.2 Å². The van der Waals surface area contributed by atoms with Crippen LogP contribution in [0, 0.1) is 0 Å². The molecule has 3 rings (SSSR count). The topological polar surface area (TPSA) is 47.6 Å². The van der Waals surface area contributed by atoms with Gasteiger partial charge < -0.3 is 14.8 Å². The first-order chi connectivity index (χ1) is 12.4. The Hall–Kier alpha value is -2.96. The second-order valence-corrected chi connectivity index (χ2v) is 5.73. The summed E-state index contributed by atoms with van der Waals surface area (Å²) in [6.45, 7) is 3.86. The van der Waals surface area contributed by atoms with Gasteiger partial charge in [0.05, 0.1) is 18.2 Å². The van der Waals surface area contributed by atoms with Gasteiger partial charge in [-0.25, -0.2) is 0 Å². The van der Waals surface area contributed by atoms with Crippen molar-refractivity contribution >= 4 is 5.91 Å². The smallest absolute Gasteiger partial charge is 0.416 e. The van der Waals surface area contributed by atoms with Crippen LogP contribution in [-0.2, 0) is 11.0 Å². The van der Waals surface area contributed by atoms with Crippen LogP contribution in [0.1, 0.15) is 23.6 Å². The first-order valence-corrected chi connectivity index (χ1v) is 7.91. The number of carbonyl (C=O) groups excluding carboxylic acids is 1. The van der Waals surface area contributed by atoms with Crippen molar-refractivity contribution in [3.63, 3.8) is 0 Å². The summed E-state index contributed by atoms with van der Waals surface area (Å²) in [5.74, 6) is 1.01. The number of alkyl halides is 3. The number of ether oxygens (including phenoxy) is 2. The molecule has 1 N–H and O–H groups in total. The average molecular weight is 363 g/mol. The van der Waals surface area contributed by atoms with Gasteiger partial charge in [0.1, 0.15) is 17.2 Å². The molecule has 26 heavy (non-hydrogen) atoms. The highest BCUT2D eigenvalue weighted by Crippen LogP contribution is 2.37. The molecule has 2 aromatic rings. The summed E-state index contributed by atoms with van der Waals surface area (Å²) in [5, 5.41) is 2.83. The number of rotatable bonds is 4. The van der Waals surface area contributed by atoms with Gasteiger partial charge in [0, 0.05) is 18.1 Å². The summed E-state index contributed by atoms with van der Waals surface area (Å²) in [6, 6.07) is 9.35. The molecular weight excluding hydrogens is 347 g/mol. The van der Waals surface area contributed by atoms with Crippen molar-refractivity contribution in [1.82, 2.24) is 5.32 Å². The molecule has 136 valence electrons. The van der Waals surface area contributed by atoms with Gasteiger partial charge in [-0.05, 0) is 42.5 Å². The van der Waals surface area contributed by atoms with Crippen LogP contribution in [0.15, 0.2) is 55.1 Å². The van der Waals surface area contributed by atoms with E-state index in [0.717, 1.165) is 17.7 Å². The first-order valence-electron chi connectivity index (χ1n) is 7.91. The van der Waals surface area contributed by atoms with Gasteiger partial charge in [-0.3, -0.25) is 4.79 Å². The van der Waals surface area contributed by atoms with E-state index in [1.807, 2.05) is 0 Å². The Morgan fingerprint density at radius 3 is 2.54 bits per heavy atom. The van der Waals surface area contributed by atoms with Crippen molar-refractivity contribution in [3.8, 4) is 17.2 Å². The largest absolute Gasteiger partial charge is 0.493 e. The van der Waals surface area contributed by atoms with Crippen LogP contribution in [0.4, 0.5) is 13.2 Å². The third kappa shape index (κ3) is 3.99. The zero-order chi connectivity index (χ0) is 18.7. The fourth-order valence-electron chi connectivity index (χ4n) is 2.66. The second kappa shape index (κ2) is 7.11. The van der Waals surface area contributed by atoms with Crippen LogP contribution in [-0.4, -0.2) is 12.5 Å². The molecule has 4 nitrogen and oxygen atoms in total. The lowest BCUT2D eigenvalue weighted by atomic mass is 10.0. The van der Waals surface area contributed by atoms with Crippen LogP contribution in [0.2, 0.25) is 0 Å². The molecule has 0 spiro atoms. The summed E-state index contributed by atoms with van der Waals surface area (Å²) in [6.07, 6.45) is -2.55. The Kier molecular flexibility index (Phi) is 4.88. The average Bonchev–Trinajstić information content (AvgIpc) is 2.61. The maximum absolute atomic E-state index is 12.6. The highest BCUT2D eigenvalue weighted by atomic mass is 19.4. The lowest BCUT2D eigenvalue weighted by molar-refractivity contribution is -0.137. The van der Waals surface area contributed by atoms with Crippen LogP contribution in [0.5, 0.6) is 17.2 Å². The lowest BCUT2D eigenvalue weighted by Crippen LogP contribution is -2.30. The fraction of sp³-hybridized carbons (Fsp3) is 0.211. The predicted molar refractivity (Wildman–Crippen MR) is 89.2 cm³/mol. The van der Waals surface area contributed by atoms with Gasteiger partial charge in [0.25, 0.3) is 0 Å². The SMILES string of the molecule is C=CC(=O)NC1CCOc2cc(Oc3ccc(C(F)(F)F)cc3)ccc21. The highest BCUT2D eigenvalue weighted by Gasteiger charge is 2.30. The monoisotopic (exact) mass is 363 g/mol. The summed E-state index contributed by atoms with van der Waals surface area (Å²) < 4.78 is 49.0. The van der Waals surface area contributed by atoms with Gasteiger partial charge in [0.2, 0.25) is 5.91 Å². The molecule has 1 atom stereocenters. The summed E-state index contributed by atoms with van der Waals surface area (Å²) in [4.78, 5) is 11.5. The number of fused-ring (bicyclic) bond motifs is 1. The molecule has 0 fully saturated rings. The van der Waals surface area contributed by atoms with Crippen molar-refractivity contribution in [1.29, 1.82) is 0 Å². The van der Waals surface area contributed by atoms with E-state index in [2.05, 4.69) is 11.9 Å². The van der Waals surface area contributed by atoms with Gasteiger partial charge >= 0.3 is 6.18 Å². The van der Waals surface area contributed by atoms with Crippen LogP contribution < -0.4 is 14.8 Å². The number of nitrogens with one attached hydrogen (secondary N) is 1. The molecule has 0 aromatic heterocycles. The molecular formula is C19H16F3NO3. The third-order valence-electron chi connectivity index (χ3n) is 3.94. The normalized spacial score (nSPS) is 16.2. The second-order valence-electron chi connectivity index (χ2n) is 5.73. The number of hydrogen-bond acceptors (Lipinski definition) is 3. The summed E-state index contributed by atoms with van der Waals surface area (Å²) in [5.41, 5.74) is 0.0747. The van der Waals surface area contributed by atoms with Crippen molar-refractivity contribution in [2.75, 3.05) is 6.61 Å². The maximum Gasteiger partial charge on any atom is 0.416 e. The number of hydrogen-bond donors (Lipinski definition) is 1. The molecule has 0 radical (unpaired) electrons. The number of halogens is 3. The minimum Gasteiger partial charge on any atom is -0.493 e. The van der Waals surface area contributed by atoms with E-state index < -0.39 is 11.7 Å². The number of benzene rings is 2. The van der Waals surface area contributed by atoms with E-state index in [9.17, 15) is 18.0 Å². The fourth-order valence-corrected chi connectivity index (χ4v) is 2.66. The van der Waals surface area contributed by atoms with Crippen LogP contribution in [0.3, 0.4) is 0 Å². The maximum atomic E-state index is 12.6. The molecule has 2 aromatic carbocycles. The predicted octanol–water partition coefficient (Wildman–Crippen LogP) is 4.62. The Morgan fingerprint density at radius 2 is 1.88 bits per heavy atom. The Balaban J connectivity index is 1.76. The van der Waals surface area contributed by atoms with Crippen LogP contribution in [0.25, 0.3) is 0 Å². The molecule has 1 heterocycles. The van der Waals surface area contributed by atoms with E-state index in [1.54, 1.807) is 18.2 Å². The quantitative estimate of drug-likeness (QED) is 0.806. The summed E-state index contributed by atoms with van der Waals surface area (Å²) in [7, 11) is 0. The highest BCUT2D eigenvalue weighted by molar-refractivity contribution is 5.87. The van der Waals surface area contributed by atoms with Gasteiger partial charge in [-0.15, -0.1) is 0 Å². The van der Waals surface area contributed by atoms with Gasteiger partial charge in [-0.1, -0.05) is 6.58 Å². The summed E-state index contributed by atoms with van der Waals surface area (Å²) >= 11 is 0. The van der Waals surface area contributed by atoms with Crippen molar-refractivity contribution in [2.24, 2.45) is 0 Å². The molecule has 1 amide bonds. The zero-order valence-corrected chi connectivity index (χ0v) is 13.7. The zero-order valence-electron chi connectivity index (χ0n) is 13.7. The van der Waals surface area contributed by atoms with Gasteiger partial charge in [0.15, 0.2) is 0 Å². The third-order valence-corrected chi connectivity index (χ3v) is 3.94. The van der Waals surface area contributed by atoms with Crippen molar-refractivity contribution < 1.29 is 27.4 Å². The van der Waals surface area contributed by atoms with Crippen molar-refractivity contribution in [2.45, 2.75) is 18.6 Å². The molecule has 0 aliphatic carbocycles. The van der Waals surface area contributed by atoms with E-state index >= 15 is 0 Å².